The average molecular weight is 331 g/mol. The lowest BCUT2D eigenvalue weighted by atomic mass is 10.0. The molecule has 1 aromatic carbocycles. The molecule has 0 amide bonds. The Labute approximate surface area is 132 Å². The van der Waals surface area contributed by atoms with Gasteiger partial charge in [0.15, 0.2) is 0 Å². The minimum Gasteiger partial charge on any atom is -0.309 e. The number of rotatable bonds is 8. The third kappa shape index (κ3) is 4.98. The molecule has 0 bridgehead atoms. The number of sulfonamides is 1. The maximum absolute atomic E-state index is 11.4. The standard InChI is InChI=1S/C15H26N2O2S2/c1-5-15(6-2,20-4)11-17-12(3)13-8-7-9-14(10-13)21(16,18)19/h7-10,12,17H,5-6,11H2,1-4H3,(H2,16,18,19). The van der Waals surface area contributed by atoms with Gasteiger partial charge in [-0.1, -0.05) is 26.0 Å². The minimum absolute atomic E-state index is 0.0799. The molecule has 21 heavy (non-hydrogen) atoms. The lowest BCUT2D eigenvalue weighted by Crippen LogP contribution is -2.37. The van der Waals surface area contributed by atoms with Gasteiger partial charge in [-0.05, 0) is 43.7 Å². The fraction of sp³-hybridized carbons (Fsp3) is 0.600. The lowest BCUT2D eigenvalue weighted by Gasteiger charge is -2.31. The summed E-state index contributed by atoms with van der Waals surface area (Å²) < 4.78 is 23.1. The Morgan fingerprint density at radius 2 is 1.95 bits per heavy atom. The van der Waals surface area contributed by atoms with Crippen molar-refractivity contribution in [3.05, 3.63) is 29.8 Å². The highest BCUT2D eigenvalue weighted by Crippen LogP contribution is 2.30. The maximum atomic E-state index is 11.4. The molecule has 4 nitrogen and oxygen atoms in total. The van der Waals surface area contributed by atoms with Crippen LogP contribution in [0.3, 0.4) is 0 Å². The van der Waals surface area contributed by atoms with Gasteiger partial charge in [0, 0.05) is 17.3 Å². The molecule has 0 spiro atoms. The van der Waals surface area contributed by atoms with E-state index in [1.54, 1.807) is 12.1 Å². The van der Waals surface area contributed by atoms with Crippen LogP contribution in [0.2, 0.25) is 0 Å². The summed E-state index contributed by atoms with van der Waals surface area (Å²) in [6.07, 6.45) is 4.34. The topological polar surface area (TPSA) is 72.2 Å². The molecule has 1 rings (SSSR count). The zero-order valence-corrected chi connectivity index (χ0v) is 14.9. The molecule has 0 saturated carbocycles. The average Bonchev–Trinajstić information content (AvgIpc) is 2.48. The van der Waals surface area contributed by atoms with E-state index in [-0.39, 0.29) is 15.7 Å². The van der Waals surface area contributed by atoms with E-state index in [2.05, 4.69) is 25.4 Å². The van der Waals surface area contributed by atoms with Gasteiger partial charge in [-0.2, -0.15) is 11.8 Å². The van der Waals surface area contributed by atoms with Crippen molar-refractivity contribution in [3.63, 3.8) is 0 Å². The molecule has 6 heteroatoms. The third-order valence-electron chi connectivity index (χ3n) is 4.14. The smallest absolute Gasteiger partial charge is 0.238 e. The fourth-order valence-electron chi connectivity index (χ4n) is 2.28. The highest BCUT2D eigenvalue weighted by atomic mass is 32.2. The molecule has 0 heterocycles. The SMILES string of the molecule is CCC(CC)(CNC(C)c1cccc(S(N)(=O)=O)c1)SC. The van der Waals surface area contributed by atoms with Crippen molar-refractivity contribution in [1.29, 1.82) is 0 Å². The summed E-state index contributed by atoms with van der Waals surface area (Å²) in [5.41, 5.74) is 0.934. The molecule has 0 aliphatic rings. The van der Waals surface area contributed by atoms with E-state index < -0.39 is 10.0 Å². The van der Waals surface area contributed by atoms with Crippen LogP contribution in [0.25, 0.3) is 0 Å². The van der Waals surface area contributed by atoms with E-state index in [1.165, 1.54) is 6.07 Å². The zero-order valence-electron chi connectivity index (χ0n) is 13.2. The second kappa shape index (κ2) is 7.63. The maximum Gasteiger partial charge on any atom is 0.238 e. The van der Waals surface area contributed by atoms with Crippen molar-refractivity contribution in [1.82, 2.24) is 5.32 Å². The second-order valence-electron chi connectivity index (χ2n) is 5.31. The van der Waals surface area contributed by atoms with Gasteiger partial charge in [-0.15, -0.1) is 0 Å². The van der Waals surface area contributed by atoms with E-state index in [9.17, 15) is 8.42 Å². The van der Waals surface area contributed by atoms with Gasteiger partial charge in [0.1, 0.15) is 0 Å². The first kappa shape index (κ1) is 18.5. The molecule has 0 saturated heterocycles. The number of hydrogen-bond acceptors (Lipinski definition) is 4. The predicted molar refractivity (Wildman–Crippen MR) is 91.1 cm³/mol. The minimum atomic E-state index is -3.65. The second-order valence-corrected chi connectivity index (χ2v) is 8.15. The molecule has 0 aromatic heterocycles. The number of nitrogens with one attached hydrogen (secondary N) is 1. The van der Waals surface area contributed by atoms with Crippen LogP contribution in [-0.2, 0) is 10.0 Å². The molecule has 0 aliphatic heterocycles. The summed E-state index contributed by atoms with van der Waals surface area (Å²) in [7, 11) is -3.65. The van der Waals surface area contributed by atoms with Crippen LogP contribution in [0.5, 0.6) is 0 Å². The Balaban J connectivity index is 2.83. The predicted octanol–water partition coefficient (Wildman–Crippen LogP) is 2.91. The molecule has 1 unspecified atom stereocenters. The van der Waals surface area contributed by atoms with Crippen molar-refractivity contribution in [2.45, 2.75) is 49.3 Å². The van der Waals surface area contributed by atoms with Crippen molar-refractivity contribution < 1.29 is 8.42 Å². The van der Waals surface area contributed by atoms with Gasteiger partial charge in [-0.25, -0.2) is 13.6 Å². The van der Waals surface area contributed by atoms with Crippen LogP contribution in [0, 0.1) is 0 Å². The Bertz CT molecular complexity index is 546. The molecule has 0 aliphatic carbocycles. The number of benzene rings is 1. The first-order chi connectivity index (χ1) is 9.78. The van der Waals surface area contributed by atoms with Crippen molar-refractivity contribution in [2.24, 2.45) is 5.14 Å². The number of primary sulfonamides is 1. The van der Waals surface area contributed by atoms with Gasteiger partial charge in [-0.3, -0.25) is 0 Å². The zero-order chi connectivity index (χ0) is 16.1. The summed E-state index contributed by atoms with van der Waals surface area (Å²) in [5.74, 6) is 0. The number of hydrogen-bond donors (Lipinski definition) is 2. The van der Waals surface area contributed by atoms with Crippen molar-refractivity contribution >= 4 is 21.8 Å². The summed E-state index contributed by atoms with van der Waals surface area (Å²) in [5, 5.41) is 8.70. The van der Waals surface area contributed by atoms with Crippen LogP contribution in [-0.4, -0.2) is 26.0 Å². The molecule has 1 atom stereocenters. The van der Waals surface area contributed by atoms with Crippen LogP contribution >= 0.6 is 11.8 Å². The third-order valence-corrected chi connectivity index (χ3v) is 6.64. The molecule has 3 N–H and O–H groups in total. The number of thioether (sulfide) groups is 1. The van der Waals surface area contributed by atoms with E-state index >= 15 is 0 Å². The summed E-state index contributed by atoms with van der Waals surface area (Å²) in [6.45, 7) is 7.34. The molecule has 0 fully saturated rings. The number of nitrogens with two attached hydrogens (primary N) is 1. The Morgan fingerprint density at radius 1 is 1.33 bits per heavy atom. The normalized spacial score (nSPS) is 14.1. The first-order valence-electron chi connectivity index (χ1n) is 7.19. The molecule has 0 radical (unpaired) electrons. The Morgan fingerprint density at radius 3 is 2.43 bits per heavy atom. The fourth-order valence-corrected chi connectivity index (χ4v) is 3.65. The summed E-state index contributed by atoms with van der Waals surface area (Å²) in [4.78, 5) is 0.163. The van der Waals surface area contributed by atoms with Crippen LogP contribution in [0.1, 0.15) is 45.2 Å². The van der Waals surface area contributed by atoms with E-state index in [1.807, 2.05) is 24.8 Å². The Hall–Kier alpha value is -0.560. The molecular formula is C15H26N2O2S2. The first-order valence-corrected chi connectivity index (χ1v) is 9.96. The van der Waals surface area contributed by atoms with Crippen molar-refractivity contribution in [3.8, 4) is 0 Å². The van der Waals surface area contributed by atoms with Crippen LogP contribution in [0.4, 0.5) is 0 Å². The monoisotopic (exact) mass is 330 g/mol. The van der Waals surface area contributed by atoms with Gasteiger partial charge >= 0.3 is 0 Å². The van der Waals surface area contributed by atoms with Gasteiger partial charge < -0.3 is 5.32 Å². The summed E-state index contributed by atoms with van der Waals surface area (Å²) in [6, 6.07) is 6.90. The highest BCUT2D eigenvalue weighted by molar-refractivity contribution is 8.00. The van der Waals surface area contributed by atoms with Gasteiger partial charge in [0.05, 0.1) is 4.90 Å². The molecular weight excluding hydrogens is 304 g/mol. The molecule has 120 valence electrons. The van der Waals surface area contributed by atoms with Crippen molar-refractivity contribution in [2.75, 3.05) is 12.8 Å². The van der Waals surface area contributed by atoms with Gasteiger partial charge in [0.2, 0.25) is 10.0 Å². The van der Waals surface area contributed by atoms with Crippen LogP contribution in [0.15, 0.2) is 29.2 Å². The summed E-state index contributed by atoms with van der Waals surface area (Å²) >= 11 is 1.88. The lowest BCUT2D eigenvalue weighted by molar-refractivity contribution is 0.459. The van der Waals surface area contributed by atoms with E-state index in [4.69, 9.17) is 5.14 Å². The van der Waals surface area contributed by atoms with Gasteiger partial charge in [0.25, 0.3) is 0 Å². The van der Waals surface area contributed by atoms with E-state index in [0.717, 1.165) is 24.9 Å². The largest absolute Gasteiger partial charge is 0.309 e. The highest BCUT2D eigenvalue weighted by Gasteiger charge is 2.25. The van der Waals surface area contributed by atoms with E-state index in [0.29, 0.717) is 0 Å². The Kier molecular flexibility index (Phi) is 6.71. The van der Waals surface area contributed by atoms with Crippen LogP contribution < -0.4 is 10.5 Å². The molecule has 1 aromatic rings. The quantitative estimate of drug-likeness (QED) is 0.769.